The topological polar surface area (TPSA) is 70.6 Å². The number of amidine groups is 1. The van der Waals surface area contributed by atoms with Crippen molar-refractivity contribution in [3.8, 4) is 0 Å². The molecule has 6 heteroatoms. The second-order valence-corrected chi connectivity index (χ2v) is 4.27. The maximum absolute atomic E-state index is 11.3. The van der Waals surface area contributed by atoms with Gasteiger partial charge in [0.1, 0.15) is 6.04 Å². The van der Waals surface area contributed by atoms with Crippen molar-refractivity contribution in [3.63, 3.8) is 0 Å². The maximum Gasteiger partial charge on any atom is 0.249 e. The van der Waals surface area contributed by atoms with Crippen LogP contribution in [-0.2, 0) is 9.59 Å². The Kier molecular flexibility index (Phi) is 2.72. The van der Waals surface area contributed by atoms with E-state index in [9.17, 15) is 9.59 Å². The van der Waals surface area contributed by atoms with Gasteiger partial charge in [-0.25, -0.2) is 0 Å². The Morgan fingerprint density at radius 1 is 1.50 bits per heavy atom. The smallest absolute Gasteiger partial charge is 0.249 e. The zero-order chi connectivity index (χ0) is 9.97. The van der Waals surface area contributed by atoms with Gasteiger partial charge in [0, 0.05) is 12.2 Å². The average Bonchev–Trinajstić information content (AvgIpc) is 2.62. The molecular formula is C8H11N3O2S. The van der Waals surface area contributed by atoms with Crippen molar-refractivity contribution in [2.24, 2.45) is 4.99 Å². The second-order valence-electron chi connectivity index (χ2n) is 3.18. The lowest BCUT2D eigenvalue weighted by atomic mass is 10.1. The molecule has 1 unspecified atom stereocenters. The quantitative estimate of drug-likeness (QED) is 0.575. The fraction of sp³-hybridized carbons (Fsp3) is 0.625. The van der Waals surface area contributed by atoms with Gasteiger partial charge < -0.3 is 5.32 Å². The van der Waals surface area contributed by atoms with Crippen LogP contribution in [0, 0.1) is 0 Å². The van der Waals surface area contributed by atoms with Crippen LogP contribution in [0.3, 0.4) is 0 Å². The Labute approximate surface area is 85.7 Å². The fourth-order valence-electron chi connectivity index (χ4n) is 1.40. The molecule has 2 aliphatic rings. The molecule has 14 heavy (non-hydrogen) atoms. The summed E-state index contributed by atoms with van der Waals surface area (Å²) < 4.78 is 0. The van der Waals surface area contributed by atoms with E-state index in [1.807, 2.05) is 0 Å². The van der Waals surface area contributed by atoms with Crippen molar-refractivity contribution in [3.05, 3.63) is 0 Å². The Hall–Kier alpha value is -1.04. The second kappa shape index (κ2) is 4.00. The van der Waals surface area contributed by atoms with Crippen LogP contribution < -0.4 is 10.6 Å². The van der Waals surface area contributed by atoms with Gasteiger partial charge >= 0.3 is 0 Å². The molecule has 1 atom stereocenters. The Morgan fingerprint density at radius 2 is 2.36 bits per heavy atom. The highest BCUT2D eigenvalue weighted by atomic mass is 32.2. The molecule has 2 aliphatic heterocycles. The minimum Gasteiger partial charge on any atom is -0.353 e. The highest BCUT2D eigenvalue weighted by molar-refractivity contribution is 8.14. The summed E-state index contributed by atoms with van der Waals surface area (Å²) in [6, 6.07) is -0.294. The van der Waals surface area contributed by atoms with Crippen molar-refractivity contribution < 1.29 is 9.59 Å². The third kappa shape index (κ3) is 2.06. The number of aliphatic imine (C=N–C) groups is 1. The van der Waals surface area contributed by atoms with Gasteiger partial charge in [0.25, 0.3) is 0 Å². The van der Waals surface area contributed by atoms with Gasteiger partial charge in [-0.05, 0) is 6.42 Å². The number of piperidine rings is 1. The lowest BCUT2D eigenvalue weighted by molar-refractivity contribution is -0.134. The number of imide groups is 1. The van der Waals surface area contributed by atoms with Crippen molar-refractivity contribution in [1.29, 1.82) is 0 Å². The molecule has 0 radical (unpaired) electrons. The minimum absolute atomic E-state index is 0.186. The molecule has 2 amide bonds. The van der Waals surface area contributed by atoms with Crippen LogP contribution in [0.15, 0.2) is 4.99 Å². The van der Waals surface area contributed by atoms with Crippen LogP contribution in [0.4, 0.5) is 0 Å². The lowest BCUT2D eigenvalue weighted by Gasteiger charge is -2.22. The molecule has 76 valence electrons. The first kappa shape index (κ1) is 9.51. The predicted octanol–water partition coefficient (Wildman–Crippen LogP) is -0.516. The molecule has 0 aromatic rings. The van der Waals surface area contributed by atoms with Crippen LogP contribution >= 0.6 is 11.8 Å². The number of thioether (sulfide) groups is 1. The first-order chi connectivity index (χ1) is 6.75. The molecule has 0 spiro atoms. The number of rotatable bonds is 1. The van der Waals surface area contributed by atoms with E-state index in [1.54, 1.807) is 11.8 Å². The highest BCUT2D eigenvalue weighted by Crippen LogP contribution is 2.12. The summed E-state index contributed by atoms with van der Waals surface area (Å²) in [5.41, 5.74) is 0. The van der Waals surface area contributed by atoms with Crippen molar-refractivity contribution in [1.82, 2.24) is 10.6 Å². The molecule has 2 heterocycles. The highest BCUT2D eigenvalue weighted by Gasteiger charge is 2.27. The molecule has 1 fully saturated rings. The molecular weight excluding hydrogens is 202 g/mol. The molecule has 5 nitrogen and oxygen atoms in total. The third-order valence-corrected chi connectivity index (χ3v) is 3.03. The molecule has 1 saturated heterocycles. The number of hydrogen-bond acceptors (Lipinski definition) is 5. The molecule has 0 bridgehead atoms. The summed E-state index contributed by atoms with van der Waals surface area (Å²) in [5.74, 6) is 0.542. The van der Waals surface area contributed by atoms with Gasteiger partial charge in [0.15, 0.2) is 5.17 Å². The zero-order valence-electron chi connectivity index (χ0n) is 7.58. The summed E-state index contributed by atoms with van der Waals surface area (Å²) in [5, 5.41) is 6.15. The number of nitrogens with one attached hydrogen (secondary N) is 2. The normalized spacial score (nSPS) is 27.1. The molecule has 2 N–H and O–H groups in total. The van der Waals surface area contributed by atoms with Gasteiger partial charge in [-0.1, -0.05) is 11.8 Å². The van der Waals surface area contributed by atoms with E-state index in [0.717, 1.165) is 17.5 Å². The van der Waals surface area contributed by atoms with E-state index in [-0.39, 0.29) is 17.9 Å². The average molecular weight is 213 g/mol. The number of amides is 2. The zero-order valence-corrected chi connectivity index (χ0v) is 8.39. The summed E-state index contributed by atoms with van der Waals surface area (Å²) in [4.78, 5) is 26.4. The van der Waals surface area contributed by atoms with Crippen molar-refractivity contribution in [2.75, 3.05) is 12.3 Å². The summed E-state index contributed by atoms with van der Waals surface area (Å²) in [6.45, 7) is 0.806. The van der Waals surface area contributed by atoms with Crippen LogP contribution in [0.25, 0.3) is 0 Å². The molecule has 0 aliphatic carbocycles. The van der Waals surface area contributed by atoms with Crippen LogP contribution in [-0.4, -0.2) is 35.3 Å². The van der Waals surface area contributed by atoms with Gasteiger partial charge in [0.05, 0.1) is 6.54 Å². The van der Waals surface area contributed by atoms with Crippen molar-refractivity contribution >= 4 is 28.7 Å². The van der Waals surface area contributed by atoms with E-state index < -0.39 is 0 Å². The van der Waals surface area contributed by atoms with E-state index in [4.69, 9.17) is 0 Å². The molecule has 2 rings (SSSR count). The summed E-state index contributed by atoms with van der Waals surface area (Å²) in [6.07, 6.45) is 0.964. The first-order valence-electron chi connectivity index (χ1n) is 4.53. The molecule has 0 aromatic carbocycles. The Balaban J connectivity index is 1.91. The molecule has 0 saturated carbocycles. The monoisotopic (exact) mass is 213 g/mol. The largest absolute Gasteiger partial charge is 0.353 e. The predicted molar refractivity (Wildman–Crippen MR) is 54.1 cm³/mol. The molecule has 0 aromatic heterocycles. The fourth-order valence-corrected chi connectivity index (χ4v) is 2.19. The number of carbonyl (C=O) groups is 2. The third-order valence-electron chi connectivity index (χ3n) is 2.12. The van der Waals surface area contributed by atoms with Gasteiger partial charge in [-0.3, -0.25) is 19.9 Å². The SMILES string of the molecule is O=C1CCC(NC2=NCCS2)C(=O)N1. The lowest BCUT2D eigenvalue weighted by Crippen LogP contribution is -2.51. The number of nitrogens with zero attached hydrogens (tertiary/aromatic N) is 1. The van der Waals surface area contributed by atoms with Crippen LogP contribution in [0.2, 0.25) is 0 Å². The maximum atomic E-state index is 11.3. The minimum atomic E-state index is -0.294. The van der Waals surface area contributed by atoms with E-state index >= 15 is 0 Å². The van der Waals surface area contributed by atoms with Crippen molar-refractivity contribution in [2.45, 2.75) is 18.9 Å². The number of hydrogen-bond donors (Lipinski definition) is 2. The van der Waals surface area contributed by atoms with Gasteiger partial charge in [-0.2, -0.15) is 0 Å². The van der Waals surface area contributed by atoms with E-state index in [1.165, 1.54) is 0 Å². The van der Waals surface area contributed by atoms with Gasteiger partial charge in [-0.15, -0.1) is 0 Å². The summed E-state index contributed by atoms with van der Waals surface area (Å²) in [7, 11) is 0. The van der Waals surface area contributed by atoms with Crippen LogP contribution in [0.1, 0.15) is 12.8 Å². The number of carbonyl (C=O) groups excluding carboxylic acids is 2. The Morgan fingerprint density at radius 3 is 3.00 bits per heavy atom. The van der Waals surface area contributed by atoms with E-state index in [2.05, 4.69) is 15.6 Å². The summed E-state index contributed by atoms with van der Waals surface area (Å²) >= 11 is 1.61. The van der Waals surface area contributed by atoms with E-state index in [0.29, 0.717) is 12.8 Å². The van der Waals surface area contributed by atoms with Gasteiger partial charge in [0.2, 0.25) is 11.8 Å². The Bertz CT molecular complexity index is 303. The van der Waals surface area contributed by atoms with Crippen LogP contribution in [0.5, 0.6) is 0 Å². The standard InChI is InChI=1S/C8H11N3O2S/c12-6-2-1-5(7(13)11-6)10-8-9-3-4-14-8/h5H,1-4H2,(H,9,10)(H,11,12,13). The first-order valence-corrected chi connectivity index (χ1v) is 5.52.